The van der Waals surface area contributed by atoms with Gasteiger partial charge in [0.1, 0.15) is 5.78 Å². The number of carbonyl (C=O) groups is 2. The maximum absolute atomic E-state index is 10.4. The molecule has 4 heteroatoms. The Hall–Kier alpha value is -0.510. The molecule has 0 aliphatic rings. The summed E-state index contributed by atoms with van der Waals surface area (Å²) in [6.07, 6.45) is 0.0822. The number of aliphatic carboxylic acids is 1. The first kappa shape index (κ1) is 9.49. The van der Waals surface area contributed by atoms with E-state index in [0.717, 1.165) is 0 Å². The molecule has 0 saturated carbocycles. The van der Waals surface area contributed by atoms with E-state index in [4.69, 9.17) is 5.11 Å². The number of carboxylic acid groups (broad SMARTS) is 1. The Labute approximate surface area is 64.8 Å². The molecular formula is C6H10O3S. The molecule has 0 aromatic rings. The van der Waals surface area contributed by atoms with E-state index in [1.165, 1.54) is 6.92 Å². The van der Waals surface area contributed by atoms with Gasteiger partial charge in [0.05, 0.1) is 5.92 Å². The van der Waals surface area contributed by atoms with Crippen molar-refractivity contribution in [2.75, 3.05) is 5.75 Å². The first-order valence-corrected chi connectivity index (χ1v) is 3.54. The second-order valence-corrected chi connectivity index (χ2v) is 2.49. The van der Waals surface area contributed by atoms with E-state index in [1.54, 1.807) is 0 Å². The van der Waals surface area contributed by atoms with Crippen LogP contribution in [0.2, 0.25) is 0 Å². The molecule has 0 aliphatic heterocycles. The average Bonchev–Trinajstić information content (AvgIpc) is 1.81. The van der Waals surface area contributed by atoms with Crippen LogP contribution in [-0.4, -0.2) is 22.6 Å². The number of carbonyl (C=O) groups excluding carboxylic acids is 1. The maximum Gasteiger partial charge on any atom is 0.307 e. The number of ketones is 1. The fraction of sp³-hybridized carbons (Fsp3) is 0.667. The van der Waals surface area contributed by atoms with Crippen LogP contribution in [0.5, 0.6) is 0 Å². The van der Waals surface area contributed by atoms with Gasteiger partial charge in [0, 0.05) is 12.2 Å². The van der Waals surface area contributed by atoms with Gasteiger partial charge in [0.2, 0.25) is 0 Å². The molecule has 3 nitrogen and oxygen atoms in total. The molecule has 58 valence electrons. The largest absolute Gasteiger partial charge is 0.481 e. The highest BCUT2D eigenvalue weighted by atomic mass is 32.1. The second-order valence-electron chi connectivity index (χ2n) is 2.12. The van der Waals surface area contributed by atoms with Gasteiger partial charge >= 0.3 is 5.97 Å². The molecule has 1 unspecified atom stereocenters. The van der Waals surface area contributed by atoms with Crippen molar-refractivity contribution in [3.05, 3.63) is 0 Å². The van der Waals surface area contributed by atoms with Crippen molar-refractivity contribution >= 4 is 24.4 Å². The molecule has 0 bridgehead atoms. The molecule has 0 radical (unpaired) electrons. The fourth-order valence-electron chi connectivity index (χ4n) is 0.577. The maximum atomic E-state index is 10.4. The third kappa shape index (κ3) is 3.50. The smallest absolute Gasteiger partial charge is 0.307 e. The van der Waals surface area contributed by atoms with Crippen molar-refractivity contribution < 1.29 is 14.7 Å². The molecule has 0 rings (SSSR count). The van der Waals surface area contributed by atoms with Gasteiger partial charge in [-0.15, -0.1) is 0 Å². The van der Waals surface area contributed by atoms with Crippen molar-refractivity contribution in [1.82, 2.24) is 0 Å². The van der Waals surface area contributed by atoms with Crippen LogP contribution in [0.1, 0.15) is 13.3 Å². The van der Waals surface area contributed by atoms with Crippen LogP contribution in [0.4, 0.5) is 0 Å². The molecule has 0 spiro atoms. The number of thiol groups is 1. The molecule has 1 N–H and O–H groups in total. The van der Waals surface area contributed by atoms with Crippen LogP contribution in [-0.2, 0) is 9.59 Å². The van der Waals surface area contributed by atoms with E-state index in [0.29, 0.717) is 0 Å². The first-order valence-electron chi connectivity index (χ1n) is 2.91. The van der Waals surface area contributed by atoms with Gasteiger partial charge in [-0.1, -0.05) is 0 Å². The molecule has 0 aliphatic carbocycles. The summed E-state index contributed by atoms with van der Waals surface area (Å²) >= 11 is 3.80. The Morgan fingerprint density at radius 1 is 1.60 bits per heavy atom. The van der Waals surface area contributed by atoms with Gasteiger partial charge in [-0.2, -0.15) is 12.6 Å². The number of carboxylic acids is 1. The highest BCUT2D eigenvalue weighted by Gasteiger charge is 2.16. The summed E-state index contributed by atoms with van der Waals surface area (Å²) < 4.78 is 0. The van der Waals surface area contributed by atoms with Crippen LogP contribution >= 0.6 is 12.6 Å². The van der Waals surface area contributed by atoms with Crippen LogP contribution in [0.25, 0.3) is 0 Å². The highest BCUT2D eigenvalue weighted by Crippen LogP contribution is 2.05. The van der Waals surface area contributed by atoms with Gasteiger partial charge in [-0.25, -0.2) is 0 Å². The van der Waals surface area contributed by atoms with Gasteiger partial charge in [0.25, 0.3) is 0 Å². The van der Waals surface area contributed by atoms with E-state index in [2.05, 4.69) is 12.6 Å². The van der Waals surface area contributed by atoms with Crippen molar-refractivity contribution in [3.8, 4) is 0 Å². The van der Waals surface area contributed by atoms with Gasteiger partial charge in [-0.3, -0.25) is 4.79 Å². The Kier molecular flexibility index (Phi) is 4.11. The summed E-state index contributed by atoms with van der Waals surface area (Å²) in [4.78, 5) is 20.7. The molecule has 0 amide bonds. The number of hydrogen-bond donors (Lipinski definition) is 2. The molecule has 0 saturated heterocycles. The van der Waals surface area contributed by atoms with Crippen LogP contribution < -0.4 is 0 Å². The fourth-order valence-corrected chi connectivity index (χ4v) is 0.862. The van der Waals surface area contributed by atoms with Crippen molar-refractivity contribution in [3.63, 3.8) is 0 Å². The van der Waals surface area contributed by atoms with Crippen molar-refractivity contribution in [1.29, 1.82) is 0 Å². The monoisotopic (exact) mass is 162 g/mol. The summed E-state index contributed by atoms with van der Waals surface area (Å²) in [7, 11) is 0. The van der Waals surface area contributed by atoms with Crippen molar-refractivity contribution in [2.45, 2.75) is 13.3 Å². The van der Waals surface area contributed by atoms with E-state index in [9.17, 15) is 9.59 Å². The summed E-state index contributed by atoms with van der Waals surface area (Å²) in [6.45, 7) is 1.37. The summed E-state index contributed by atoms with van der Waals surface area (Å²) in [5, 5.41) is 8.42. The molecule has 10 heavy (non-hydrogen) atoms. The molecule has 0 aromatic carbocycles. The summed E-state index contributed by atoms with van der Waals surface area (Å²) in [5.41, 5.74) is 0. The number of rotatable bonds is 4. The lowest BCUT2D eigenvalue weighted by Crippen LogP contribution is -2.18. The predicted molar refractivity (Wildman–Crippen MR) is 40.3 cm³/mol. The average molecular weight is 162 g/mol. The molecule has 0 heterocycles. The predicted octanol–water partition coefficient (Wildman–Crippen LogP) is 0.596. The first-order chi connectivity index (χ1) is 4.57. The summed E-state index contributed by atoms with van der Waals surface area (Å²) in [6, 6.07) is 0. The lowest BCUT2D eigenvalue weighted by atomic mass is 10.1. The molecule has 0 aromatic heterocycles. The quantitative estimate of drug-likeness (QED) is 0.595. The molecule has 0 fully saturated rings. The summed E-state index contributed by atoms with van der Waals surface area (Å²) in [5.74, 6) is -1.47. The third-order valence-corrected chi connectivity index (χ3v) is 1.54. The van der Waals surface area contributed by atoms with Crippen molar-refractivity contribution in [2.24, 2.45) is 5.92 Å². The van der Waals surface area contributed by atoms with E-state index in [-0.39, 0.29) is 18.0 Å². The highest BCUT2D eigenvalue weighted by molar-refractivity contribution is 7.80. The van der Waals surface area contributed by atoms with Gasteiger partial charge < -0.3 is 9.90 Å². The molecule has 1 atom stereocenters. The van der Waals surface area contributed by atoms with Crippen LogP contribution in [0, 0.1) is 5.92 Å². The zero-order valence-electron chi connectivity index (χ0n) is 5.70. The molecular weight excluding hydrogens is 152 g/mol. The Morgan fingerprint density at radius 3 is 2.20 bits per heavy atom. The van der Waals surface area contributed by atoms with Crippen LogP contribution in [0.15, 0.2) is 0 Å². The minimum Gasteiger partial charge on any atom is -0.481 e. The number of hydrogen-bond acceptors (Lipinski definition) is 3. The Morgan fingerprint density at radius 2 is 2.10 bits per heavy atom. The van der Waals surface area contributed by atoms with Gasteiger partial charge in [0.15, 0.2) is 0 Å². The second kappa shape index (κ2) is 4.33. The standard InChI is InChI=1S/C6H10O3S/c1-4(7)2-5(3-10)6(8)9/h5,10H,2-3H2,1H3,(H,8,9). The van der Waals surface area contributed by atoms with E-state index < -0.39 is 11.9 Å². The minimum atomic E-state index is -0.954. The van der Waals surface area contributed by atoms with E-state index in [1.807, 2.05) is 0 Å². The normalized spacial score (nSPS) is 12.6. The van der Waals surface area contributed by atoms with Gasteiger partial charge in [-0.05, 0) is 6.92 Å². The van der Waals surface area contributed by atoms with Crippen LogP contribution in [0.3, 0.4) is 0 Å². The SMILES string of the molecule is CC(=O)CC(CS)C(=O)O. The Balaban J connectivity index is 3.83. The number of Topliss-reactive ketones (excluding diaryl/α,β-unsaturated/α-hetero) is 1. The zero-order valence-corrected chi connectivity index (χ0v) is 6.60. The van der Waals surface area contributed by atoms with E-state index >= 15 is 0 Å². The lowest BCUT2D eigenvalue weighted by molar-refractivity contribution is -0.142. The lowest BCUT2D eigenvalue weighted by Gasteiger charge is -2.04. The third-order valence-electron chi connectivity index (χ3n) is 1.10. The minimum absolute atomic E-state index is 0.0822. The topological polar surface area (TPSA) is 54.4 Å². The Bertz CT molecular complexity index is 144. The zero-order chi connectivity index (χ0) is 8.15.